The molecule has 3 rings (SSSR count). The Morgan fingerprint density at radius 2 is 1.48 bits per heavy atom. The zero-order chi connectivity index (χ0) is 18.4. The summed E-state index contributed by atoms with van der Waals surface area (Å²) in [6.07, 6.45) is 0. The fourth-order valence-electron chi connectivity index (χ4n) is 3.21. The van der Waals surface area contributed by atoms with Crippen molar-refractivity contribution in [1.82, 2.24) is 9.80 Å². The van der Waals surface area contributed by atoms with Gasteiger partial charge in [0.1, 0.15) is 0 Å². The average molecular weight is 389 g/mol. The zero-order valence-corrected chi connectivity index (χ0v) is 16.7. The molecule has 0 radical (unpaired) electrons. The molecule has 146 valence electrons. The molecule has 27 heavy (non-hydrogen) atoms. The van der Waals surface area contributed by atoms with Crippen molar-refractivity contribution in [2.24, 2.45) is 5.73 Å². The van der Waals surface area contributed by atoms with Crippen LogP contribution in [0.1, 0.15) is 28.4 Å². The summed E-state index contributed by atoms with van der Waals surface area (Å²) in [5.74, 6) is -0.1000. The van der Waals surface area contributed by atoms with Crippen molar-refractivity contribution in [3.63, 3.8) is 0 Å². The van der Waals surface area contributed by atoms with Gasteiger partial charge in [0.15, 0.2) is 0 Å². The number of likely N-dealkylation sites (N-methyl/N-ethyl adjacent to an activating group) is 1. The molecule has 0 aliphatic carbocycles. The van der Waals surface area contributed by atoms with Crippen LogP contribution in [0.2, 0.25) is 0 Å². The number of benzene rings is 2. The summed E-state index contributed by atoms with van der Waals surface area (Å²) < 4.78 is 0. The molecule has 1 fully saturated rings. The SMILES string of the molecule is CCN1CCN(Cc2ccc(NC(=O)c3ccc(CN)cc3)cc2)CC1.Cl. The van der Waals surface area contributed by atoms with Gasteiger partial charge in [-0.1, -0.05) is 31.2 Å². The van der Waals surface area contributed by atoms with Crippen LogP contribution in [0.25, 0.3) is 0 Å². The summed E-state index contributed by atoms with van der Waals surface area (Å²) >= 11 is 0. The molecule has 0 atom stereocenters. The number of nitrogens with zero attached hydrogens (tertiary/aromatic N) is 2. The molecule has 1 amide bonds. The largest absolute Gasteiger partial charge is 0.326 e. The summed E-state index contributed by atoms with van der Waals surface area (Å²) in [5, 5.41) is 2.95. The van der Waals surface area contributed by atoms with Gasteiger partial charge in [0, 0.05) is 50.5 Å². The van der Waals surface area contributed by atoms with Crippen LogP contribution in [0.5, 0.6) is 0 Å². The maximum atomic E-state index is 12.3. The molecular formula is C21H29ClN4O. The zero-order valence-electron chi connectivity index (χ0n) is 15.9. The number of rotatable bonds is 6. The Hall–Kier alpha value is -1.92. The Morgan fingerprint density at radius 3 is 2.04 bits per heavy atom. The number of carbonyl (C=O) groups excluding carboxylic acids is 1. The van der Waals surface area contributed by atoms with E-state index in [0.717, 1.165) is 50.5 Å². The molecule has 2 aromatic rings. The second-order valence-electron chi connectivity index (χ2n) is 6.76. The maximum absolute atomic E-state index is 12.3. The topological polar surface area (TPSA) is 61.6 Å². The second-order valence-corrected chi connectivity index (χ2v) is 6.76. The monoisotopic (exact) mass is 388 g/mol. The van der Waals surface area contributed by atoms with Crippen molar-refractivity contribution >= 4 is 24.0 Å². The number of hydrogen-bond donors (Lipinski definition) is 2. The van der Waals surface area contributed by atoms with Crippen molar-refractivity contribution < 1.29 is 4.79 Å². The third kappa shape index (κ3) is 6.04. The van der Waals surface area contributed by atoms with E-state index in [4.69, 9.17) is 5.73 Å². The highest BCUT2D eigenvalue weighted by Gasteiger charge is 2.15. The summed E-state index contributed by atoms with van der Waals surface area (Å²) in [4.78, 5) is 17.3. The van der Waals surface area contributed by atoms with Crippen LogP contribution in [0.15, 0.2) is 48.5 Å². The third-order valence-electron chi connectivity index (χ3n) is 4.98. The van der Waals surface area contributed by atoms with E-state index in [0.29, 0.717) is 12.1 Å². The molecule has 0 aromatic heterocycles. The van der Waals surface area contributed by atoms with Gasteiger partial charge in [-0.25, -0.2) is 0 Å². The number of piperazine rings is 1. The lowest BCUT2D eigenvalue weighted by Crippen LogP contribution is -2.45. The smallest absolute Gasteiger partial charge is 0.255 e. The van der Waals surface area contributed by atoms with Crippen LogP contribution in [-0.2, 0) is 13.1 Å². The van der Waals surface area contributed by atoms with Crippen molar-refractivity contribution in [1.29, 1.82) is 0 Å². The number of hydrogen-bond acceptors (Lipinski definition) is 4. The minimum atomic E-state index is -0.1000. The lowest BCUT2D eigenvalue weighted by atomic mass is 10.1. The number of anilines is 1. The maximum Gasteiger partial charge on any atom is 0.255 e. The summed E-state index contributed by atoms with van der Waals surface area (Å²) in [6, 6.07) is 15.5. The molecule has 1 heterocycles. The standard InChI is InChI=1S/C21H28N4O.ClH/c1-2-24-11-13-25(14-12-24)16-18-5-9-20(10-6-18)23-21(26)19-7-3-17(15-22)4-8-19;/h3-10H,2,11-16,22H2,1H3,(H,23,26);1H. The molecule has 1 aliphatic heterocycles. The van der Waals surface area contributed by atoms with Gasteiger partial charge < -0.3 is 16.0 Å². The first-order valence-corrected chi connectivity index (χ1v) is 9.32. The fraction of sp³-hybridized carbons (Fsp3) is 0.381. The molecule has 0 bridgehead atoms. The second kappa shape index (κ2) is 10.4. The van der Waals surface area contributed by atoms with Crippen molar-refractivity contribution in [2.45, 2.75) is 20.0 Å². The molecular weight excluding hydrogens is 360 g/mol. The Balaban J connectivity index is 0.00000261. The minimum absolute atomic E-state index is 0. The molecule has 0 unspecified atom stereocenters. The minimum Gasteiger partial charge on any atom is -0.326 e. The predicted molar refractivity (Wildman–Crippen MR) is 113 cm³/mol. The molecule has 6 heteroatoms. The molecule has 3 N–H and O–H groups in total. The normalized spacial score (nSPS) is 15.2. The molecule has 0 spiro atoms. The first kappa shape index (κ1) is 21.4. The Morgan fingerprint density at radius 1 is 0.926 bits per heavy atom. The van der Waals surface area contributed by atoms with E-state index in [1.807, 2.05) is 36.4 Å². The quantitative estimate of drug-likeness (QED) is 0.798. The van der Waals surface area contributed by atoms with Gasteiger partial charge in [-0.3, -0.25) is 9.69 Å². The molecule has 5 nitrogen and oxygen atoms in total. The van der Waals surface area contributed by atoms with E-state index < -0.39 is 0 Å². The third-order valence-corrected chi connectivity index (χ3v) is 4.98. The molecule has 2 aromatic carbocycles. The highest BCUT2D eigenvalue weighted by atomic mass is 35.5. The van der Waals surface area contributed by atoms with Gasteiger partial charge in [-0.15, -0.1) is 12.4 Å². The van der Waals surface area contributed by atoms with E-state index >= 15 is 0 Å². The summed E-state index contributed by atoms with van der Waals surface area (Å²) in [6.45, 7) is 9.33. The van der Waals surface area contributed by atoms with Gasteiger partial charge in [0.05, 0.1) is 0 Å². The number of nitrogens with two attached hydrogens (primary N) is 1. The lowest BCUT2D eigenvalue weighted by molar-refractivity contribution is 0.102. The first-order valence-electron chi connectivity index (χ1n) is 9.32. The van der Waals surface area contributed by atoms with Crippen LogP contribution < -0.4 is 11.1 Å². The van der Waals surface area contributed by atoms with Crippen LogP contribution in [0.4, 0.5) is 5.69 Å². The van der Waals surface area contributed by atoms with Gasteiger partial charge in [-0.05, 0) is 41.9 Å². The van der Waals surface area contributed by atoms with Crippen molar-refractivity contribution in [3.8, 4) is 0 Å². The average Bonchev–Trinajstić information content (AvgIpc) is 2.70. The van der Waals surface area contributed by atoms with E-state index in [9.17, 15) is 4.79 Å². The number of amides is 1. The molecule has 0 saturated carbocycles. The number of carbonyl (C=O) groups is 1. The van der Waals surface area contributed by atoms with Gasteiger partial charge in [-0.2, -0.15) is 0 Å². The lowest BCUT2D eigenvalue weighted by Gasteiger charge is -2.34. The van der Waals surface area contributed by atoms with Crippen LogP contribution in [-0.4, -0.2) is 48.4 Å². The van der Waals surface area contributed by atoms with E-state index in [1.54, 1.807) is 0 Å². The fourth-order valence-corrected chi connectivity index (χ4v) is 3.21. The van der Waals surface area contributed by atoms with E-state index in [2.05, 4.69) is 34.2 Å². The van der Waals surface area contributed by atoms with Crippen molar-refractivity contribution in [3.05, 3.63) is 65.2 Å². The Bertz CT molecular complexity index is 710. The summed E-state index contributed by atoms with van der Waals surface area (Å²) in [5.41, 5.74) is 9.34. The Labute approximate surface area is 167 Å². The highest BCUT2D eigenvalue weighted by Crippen LogP contribution is 2.14. The molecule has 1 saturated heterocycles. The van der Waals surface area contributed by atoms with Gasteiger partial charge >= 0.3 is 0 Å². The van der Waals surface area contributed by atoms with E-state index in [1.165, 1.54) is 5.56 Å². The molecule has 1 aliphatic rings. The first-order chi connectivity index (χ1) is 12.7. The van der Waals surface area contributed by atoms with Crippen LogP contribution in [0, 0.1) is 0 Å². The summed E-state index contributed by atoms with van der Waals surface area (Å²) in [7, 11) is 0. The number of nitrogens with one attached hydrogen (secondary N) is 1. The Kier molecular flexibility index (Phi) is 8.25. The van der Waals surface area contributed by atoms with Gasteiger partial charge in [0.2, 0.25) is 0 Å². The van der Waals surface area contributed by atoms with Crippen LogP contribution >= 0.6 is 12.4 Å². The number of halogens is 1. The predicted octanol–water partition coefficient (Wildman–Crippen LogP) is 2.96. The van der Waals surface area contributed by atoms with E-state index in [-0.39, 0.29) is 18.3 Å². The highest BCUT2D eigenvalue weighted by molar-refractivity contribution is 6.04. The van der Waals surface area contributed by atoms with Crippen molar-refractivity contribution in [2.75, 3.05) is 38.0 Å². The van der Waals surface area contributed by atoms with Crippen LogP contribution in [0.3, 0.4) is 0 Å². The van der Waals surface area contributed by atoms with Gasteiger partial charge in [0.25, 0.3) is 5.91 Å².